The topological polar surface area (TPSA) is 73.4 Å². The van der Waals surface area contributed by atoms with Crippen LogP contribution in [0.15, 0.2) is 58.0 Å². The summed E-state index contributed by atoms with van der Waals surface area (Å²) in [5.74, 6) is 1.96. The van der Waals surface area contributed by atoms with E-state index >= 15 is 0 Å². The van der Waals surface area contributed by atoms with Crippen LogP contribution < -0.4 is 10.3 Å². The third-order valence-electron chi connectivity index (χ3n) is 6.46. The van der Waals surface area contributed by atoms with Crippen LogP contribution in [0, 0.1) is 19.8 Å². The largest absolute Gasteiger partial charge is 0.493 e. The Balaban J connectivity index is 1.56. The zero-order valence-electron chi connectivity index (χ0n) is 19.3. The molecule has 0 aliphatic carbocycles. The van der Waals surface area contributed by atoms with E-state index in [1.807, 2.05) is 48.6 Å². The van der Waals surface area contributed by atoms with Crippen molar-refractivity contribution in [1.82, 2.24) is 19.1 Å². The molecule has 1 aromatic carbocycles. The van der Waals surface area contributed by atoms with Crippen molar-refractivity contribution in [2.75, 3.05) is 19.7 Å². The molecule has 1 atom stereocenters. The van der Waals surface area contributed by atoms with Gasteiger partial charge in [-0.3, -0.25) is 9.78 Å². The van der Waals surface area contributed by atoms with Gasteiger partial charge in [0, 0.05) is 37.0 Å². The summed E-state index contributed by atoms with van der Waals surface area (Å²) in [6.07, 6.45) is 3.73. The predicted molar refractivity (Wildman–Crippen MR) is 132 cm³/mol. The first-order valence-electron chi connectivity index (χ1n) is 11.5. The molecule has 1 aliphatic rings. The molecule has 3 aromatic heterocycles. The van der Waals surface area contributed by atoms with Gasteiger partial charge in [-0.1, -0.05) is 11.2 Å². The molecular weight excluding hydrogens is 452 g/mol. The number of fused-ring (bicyclic) bond motifs is 1. The molecule has 0 N–H and O–H groups in total. The van der Waals surface area contributed by atoms with Crippen molar-refractivity contribution in [3.63, 3.8) is 0 Å². The normalized spacial score (nSPS) is 16.4. The van der Waals surface area contributed by atoms with Crippen molar-refractivity contribution in [2.24, 2.45) is 5.92 Å². The average molecular weight is 479 g/mol. The van der Waals surface area contributed by atoms with Crippen molar-refractivity contribution in [2.45, 2.75) is 33.2 Å². The number of aromatic nitrogens is 3. The number of pyridine rings is 2. The number of aryl methyl sites for hydroxylation is 2. The van der Waals surface area contributed by atoms with Gasteiger partial charge in [0.2, 0.25) is 0 Å². The number of nitrogens with zero attached hydrogens (tertiary/aromatic N) is 4. The third-order valence-corrected chi connectivity index (χ3v) is 6.77. The summed E-state index contributed by atoms with van der Waals surface area (Å²) in [7, 11) is 0. The predicted octanol–water partition coefficient (Wildman–Crippen LogP) is 4.96. The molecule has 1 unspecified atom stereocenters. The van der Waals surface area contributed by atoms with E-state index in [1.54, 1.807) is 16.8 Å². The second kappa shape index (κ2) is 9.60. The summed E-state index contributed by atoms with van der Waals surface area (Å²) >= 11 is 6.13. The van der Waals surface area contributed by atoms with Gasteiger partial charge in [-0.2, -0.15) is 0 Å². The van der Waals surface area contributed by atoms with E-state index in [4.69, 9.17) is 21.0 Å². The van der Waals surface area contributed by atoms with Crippen molar-refractivity contribution in [3.05, 3.63) is 76.2 Å². The summed E-state index contributed by atoms with van der Waals surface area (Å²) in [5, 5.41) is 5.08. The molecule has 4 heterocycles. The highest BCUT2D eigenvalue weighted by atomic mass is 35.5. The highest BCUT2D eigenvalue weighted by Gasteiger charge is 2.22. The molecule has 0 amide bonds. The van der Waals surface area contributed by atoms with Crippen molar-refractivity contribution in [3.8, 4) is 16.9 Å². The van der Waals surface area contributed by atoms with Gasteiger partial charge in [0.05, 0.1) is 35.6 Å². The van der Waals surface area contributed by atoms with E-state index in [1.165, 1.54) is 0 Å². The lowest BCUT2D eigenvalue weighted by Gasteiger charge is -2.17. The van der Waals surface area contributed by atoms with Crippen LogP contribution in [-0.2, 0) is 6.54 Å². The second-order valence-electron chi connectivity index (χ2n) is 8.85. The van der Waals surface area contributed by atoms with Crippen molar-refractivity contribution >= 4 is 22.7 Å². The zero-order chi connectivity index (χ0) is 23.7. The van der Waals surface area contributed by atoms with Gasteiger partial charge < -0.3 is 13.8 Å². The first kappa shape index (κ1) is 22.6. The monoisotopic (exact) mass is 478 g/mol. The van der Waals surface area contributed by atoms with Crippen LogP contribution in [0.1, 0.15) is 30.0 Å². The molecule has 34 heavy (non-hydrogen) atoms. The van der Waals surface area contributed by atoms with Gasteiger partial charge >= 0.3 is 0 Å². The Bertz CT molecular complexity index is 1350. The molecule has 0 radical (unpaired) electrons. The maximum Gasteiger partial charge on any atom is 0.251 e. The van der Waals surface area contributed by atoms with Gasteiger partial charge in [0.15, 0.2) is 0 Å². The number of benzene rings is 1. The van der Waals surface area contributed by atoms with Crippen LogP contribution >= 0.6 is 11.8 Å². The quantitative estimate of drug-likeness (QED) is 0.349. The molecule has 0 saturated carbocycles. The van der Waals surface area contributed by atoms with E-state index in [9.17, 15) is 4.79 Å². The lowest BCUT2D eigenvalue weighted by atomic mass is 10.00. The minimum absolute atomic E-state index is 0.0812. The summed E-state index contributed by atoms with van der Waals surface area (Å²) in [6, 6.07) is 13.2. The fraction of sp³-hybridized carbons (Fsp3) is 0.346. The van der Waals surface area contributed by atoms with Crippen LogP contribution in [-0.4, -0.2) is 38.8 Å². The fourth-order valence-electron chi connectivity index (χ4n) is 4.68. The van der Waals surface area contributed by atoms with Crippen LogP contribution in [0.25, 0.3) is 22.0 Å². The average Bonchev–Trinajstić information content (AvgIpc) is 3.40. The van der Waals surface area contributed by atoms with Gasteiger partial charge in [-0.25, -0.2) is 4.42 Å². The summed E-state index contributed by atoms with van der Waals surface area (Å²) in [4.78, 5) is 17.2. The fourth-order valence-corrected chi connectivity index (χ4v) is 4.97. The van der Waals surface area contributed by atoms with Gasteiger partial charge in [0.25, 0.3) is 5.56 Å². The summed E-state index contributed by atoms with van der Waals surface area (Å²) in [6.45, 7) is 6.56. The second-order valence-corrected chi connectivity index (χ2v) is 9.32. The first-order valence-corrected chi connectivity index (χ1v) is 11.9. The molecular formula is C26H27ClN4O3. The standard InChI is InChI=1S/C26H27ClN4O3/c1-17-26(18(2)34-29-17)22-13-20-6-7-25(32)31(16-21-5-3-4-10-28-21)23(20)14-24(22)33-12-9-19-8-11-30(27)15-19/h3-7,10,13-14,19H,8-9,11-12,15-16H2,1-2H3. The Morgan fingerprint density at radius 3 is 2.79 bits per heavy atom. The molecule has 1 fully saturated rings. The number of ether oxygens (including phenoxy) is 1. The van der Waals surface area contributed by atoms with E-state index < -0.39 is 0 Å². The molecule has 5 rings (SSSR count). The Labute approximate surface area is 203 Å². The van der Waals surface area contributed by atoms with Gasteiger partial charge in [0.1, 0.15) is 11.5 Å². The van der Waals surface area contributed by atoms with E-state index in [-0.39, 0.29) is 5.56 Å². The molecule has 0 spiro atoms. The Hall–Kier alpha value is -3.16. The van der Waals surface area contributed by atoms with E-state index in [0.29, 0.717) is 24.8 Å². The maximum atomic E-state index is 12.8. The molecule has 1 aliphatic heterocycles. The van der Waals surface area contributed by atoms with Crippen LogP contribution in [0.4, 0.5) is 0 Å². The lowest BCUT2D eigenvalue weighted by Crippen LogP contribution is -2.20. The Kier molecular flexibility index (Phi) is 6.39. The van der Waals surface area contributed by atoms with Crippen molar-refractivity contribution in [1.29, 1.82) is 0 Å². The maximum absolute atomic E-state index is 12.8. The number of hydrogen-bond donors (Lipinski definition) is 0. The van der Waals surface area contributed by atoms with Gasteiger partial charge in [-0.15, -0.1) is 0 Å². The minimum Gasteiger partial charge on any atom is -0.493 e. The van der Waals surface area contributed by atoms with Crippen LogP contribution in [0.5, 0.6) is 5.75 Å². The Morgan fingerprint density at radius 2 is 2.09 bits per heavy atom. The molecule has 1 saturated heterocycles. The lowest BCUT2D eigenvalue weighted by molar-refractivity contribution is 0.282. The molecule has 7 nitrogen and oxygen atoms in total. The highest BCUT2D eigenvalue weighted by Crippen LogP contribution is 2.38. The minimum atomic E-state index is -0.0812. The zero-order valence-corrected chi connectivity index (χ0v) is 20.1. The Morgan fingerprint density at radius 1 is 1.21 bits per heavy atom. The smallest absolute Gasteiger partial charge is 0.251 e. The number of rotatable bonds is 7. The van der Waals surface area contributed by atoms with Crippen LogP contribution in [0.3, 0.4) is 0 Å². The first-order chi connectivity index (χ1) is 16.5. The van der Waals surface area contributed by atoms with Crippen LogP contribution in [0.2, 0.25) is 0 Å². The van der Waals surface area contributed by atoms with Gasteiger partial charge in [-0.05, 0) is 74.0 Å². The van der Waals surface area contributed by atoms with E-state index in [2.05, 4.69) is 16.2 Å². The number of halogens is 1. The summed E-state index contributed by atoms with van der Waals surface area (Å²) < 4.78 is 15.4. The number of hydrogen-bond acceptors (Lipinski definition) is 6. The molecule has 176 valence electrons. The van der Waals surface area contributed by atoms with E-state index in [0.717, 1.165) is 65.1 Å². The highest BCUT2D eigenvalue weighted by molar-refractivity contribution is 6.13. The summed E-state index contributed by atoms with van der Waals surface area (Å²) in [5.41, 5.74) is 4.18. The molecule has 8 heteroatoms. The van der Waals surface area contributed by atoms with Crippen molar-refractivity contribution < 1.29 is 9.26 Å². The molecule has 0 bridgehead atoms. The third kappa shape index (κ3) is 4.58. The molecule has 4 aromatic rings. The SMILES string of the molecule is Cc1noc(C)c1-c1cc2ccc(=O)n(Cc3ccccn3)c2cc1OCCC1CCN(Cl)C1.